The van der Waals surface area contributed by atoms with Crippen LogP contribution in [0.4, 0.5) is 0 Å². The minimum atomic E-state index is -1.30. The highest BCUT2D eigenvalue weighted by Crippen LogP contribution is 2.42. The molecule has 0 bridgehead atoms. The lowest BCUT2D eigenvalue weighted by molar-refractivity contribution is -0.121. The van der Waals surface area contributed by atoms with Crippen molar-refractivity contribution in [2.45, 2.75) is 39.7 Å². The molecule has 0 saturated heterocycles. The number of aliphatic hydroxyl groups is 2. The predicted octanol–water partition coefficient (Wildman–Crippen LogP) is 1.60. The molecule has 0 aliphatic heterocycles. The molecule has 3 nitrogen and oxygen atoms in total. The average Bonchev–Trinajstić information content (AvgIpc) is 2.23. The van der Waals surface area contributed by atoms with Crippen LogP contribution in [0.15, 0.2) is 23.3 Å². The van der Waals surface area contributed by atoms with Crippen LogP contribution in [0.5, 0.6) is 0 Å². The van der Waals surface area contributed by atoms with E-state index >= 15 is 0 Å². The van der Waals surface area contributed by atoms with Gasteiger partial charge in [-0.15, -0.1) is 0 Å². The molecule has 18 heavy (non-hydrogen) atoms. The molecule has 1 atom stereocenters. The van der Waals surface area contributed by atoms with Gasteiger partial charge < -0.3 is 10.2 Å². The molecule has 2 N–H and O–H groups in total. The molecule has 0 amide bonds. The Labute approximate surface area is 108 Å². The third-order valence-corrected chi connectivity index (χ3v) is 3.38. The minimum absolute atomic E-state index is 0.0200. The maximum Gasteiger partial charge on any atom is 0.156 e. The van der Waals surface area contributed by atoms with Gasteiger partial charge in [0.05, 0.1) is 6.61 Å². The van der Waals surface area contributed by atoms with Crippen molar-refractivity contribution in [2.24, 2.45) is 5.41 Å². The first-order chi connectivity index (χ1) is 8.23. The Kier molecular flexibility index (Phi) is 4.16. The number of carbonyl (C=O) groups excluding carboxylic acids is 1. The van der Waals surface area contributed by atoms with E-state index in [1.807, 2.05) is 13.8 Å². The molecule has 0 fully saturated rings. The van der Waals surface area contributed by atoms with Gasteiger partial charge in [-0.25, -0.2) is 0 Å². The zero-order valence-corrected chi connectivity index (χ0v) is 11.4. The monoisotopic (exact) mass is 248 g/mol. The summed E-state index contributed by atoms with van der Waals surface area (Å²) in [5.74, 6) is 5.71. The molecular weight excluding hydrogens is 228 g/mol. The maximum absolute atomic E-state index is 11.5. The second kappa shape index (κ2) is 5.09. The summed E-state index contributed by atoms with van der Waals surface area (Å²) in [6.07, 6.45) is 3.32. The van der Waals surface area contributed by atoms with Crippen molar-refractivity contribution >= 4 is 5.78 Å². The standard InChI is InChI=1S/C15H20O3/c1-11(6-8-16)5-7-15(18)12(2)9-13(17)10-14(15,3)4/h6,9,16,18H,8,10H2,1-4H3/b11-6-/t15-/m0/s1. The summed E-state index contributed by atoms with van der Waals surface area (Å²) in [6, 6.07) is 0. The Morgan fingerprint density at radius 3 is 2.67 bits per heavy atom. The molecule has 0 saturated carbocycles. The van der Waals surface area contributed by atoms with Crippen molar-refractivity contribution in [1.29, 1.82) is 0 Å². The molecule has 0 radical (unpaired) electrons. The van der Waals surface area contributed by atoms with Gasteiger partial charge in [0.2, 0.25) is 0 Å². The molecular formula is C15H20O3. The lowest BCUT2D eigenvalue weighted by Crippen LogP contribution is -2.48. The molecule has 0 spiro atoms. The normalized spacial score (nSPS) is 27.3. The van der Waals surface area contributed by atoms with Crippen molar-refractivity contribution in [2.75, 3.05) is 6.61 Å². The summed E-state index contributed by atoms with van der Waals surface area (Å²) in [5, 5.41) is 19.5. The van der Waals surface area contributed by atoms with Crippen LogP contribution in [0.3, 0.4) is 0 Å². The van der Waals surface area contributed by atoms with E-state index < -0.39 is 11.0 Å². The second-order valence-corrected chi connectivity index (χ2v) is 5.38. The van der Waals surface area contributed by atoms with Crippen LogP contribution in [0.2, 0.25) is 0 Å². The number of rotatable bonds is 1. The number of carbonyl (C=O) groups is 1. The van der Waals surface area contributed by atoms with Crippen LogP contribution in [0.25, 0.3) is 0 Å². The zero-order chi connectivity index (χ0) is 14.0. The summed E-state index contributed by atoms with van der Waals surface area (Å²) in [5.41, 5.74) is -0.639. The third kappa shape index (κ3) is 2.72. The average molecular weight is 248 g/mol. The largest absolute Gasteiger partial charge is 0.392 e. The zero-order valence-electron chi connectivity index (χ0n) is 11.4. The molecule has 0 heterocycles. The Morgan fingerprint density at radius 1 is 1.56 bits per heavy atom. The molecule has 1 aliphatic rings. The fourth-order valence-electron chi connectivity index (χ4n) is 2.14. The maximum atomic E-state index is 11.5. The van der Waals surface area contributed by atoms with E-state index in [0.29, 0.717) is 11.1 Å². The number of hydrogen-bond acceptors (Lipinski definition) is 3. The molecule has 0 aromatic rings. The summed E-state index contributed by atoms with van der Waals surface area (Å²) in [7, 11) is 0. The van der Waals surface area contributed by atoms with E-state index in [1.165, 1.54) is 6.08 Å². The highest BCUT2D eigenvalue weighted by atomic mass is 16.3. The van der Waals surface area contributed by atoms with E-state index in [1.54, 1.807) is 19.9 Å². The van der Waals surface area contributed by atoms with Crippen LogP contribution in [0, 0.1) is 17.3 Å². The molecule has 98 valence electrons. The molecule has 0 unspecified atom stereocenters. The third-order valence-electron chi connectivity index (χ3n) is 3.38. The summed E-state index contributed by atoms with van der Waals surface area (Å²) in [6.45, 7) is 7.09. The van der Waals surface area contributed by atoms with Crippen molar-refractivity contribution < 1.29 is 15.0 Å². The Hall–Kier alpha value is -1.37. The van der Waals surface area contributed by atoms with Gasteiger partial charge in [0.1, 0.15) is 0 Å². The van der Waals surface area contributed by atoms with Crippen molar-refractivity contribution in [3.8, 4) is 11.8 Å². The molecule has 3 heteroatoms. The smallest absolute Gasteiger partial charge is 0.156 e. The van der Waals surface area contributed by atoms with E-state index in [0.717, 1.165) is 0 Å². The van der Waals surface area contributed by atoms with Crippen LogP contribution in [-0.2, 0) is 4.79 Å². The van der Waals surface area contributed by atoms with E-state index in [4.69, 9.17) is 5.11 Å². The first kappa shape index (κ1) is 14.7. The minimum Gasteiger partial charge on any atom is -0.392 e. The molecule has 0 aromatic heterocycles. The fourth-order valence-corrected chi connectivity index (χ4v) is 2.14. The highest BCUT2D eigenvalue weighted by Gasteiger charge is 2.47. The van der Waals surface area contributed by atoms with Gasteiger partial charge in [-0.2, -0.15) is 0 Å². The van der Waals surface area contributed by atoms with Crippen molar-refractivity contribution in [3.05, 3.63) is 23.3 Å². The Morgan fingerprint density at radius 2 is 2.17 bits per heavy atom. The number of ketones is 1. The van der Waals surface area contributed by atoms with Crippen LogP contribution >= 0.6 is 0 Å². The number of hydrogen-bond donors (Lipinski definition) is 2. The number of aliphatic hydroxyl groups excluding tert-OH is 1. The van der Waals surface area contributed by atoms with Gasteiger partial charge in [-0.1, -0.05) is 25.7 Å². The van der Waals surface area contributed by atoms with Crippen LogP contribution < -0.4 is 0 Å². The van der Waals surface area contributed by atoms with Crippen molar-refractivity contribution in [1.82, 2.24) is 0 Å². The Bertz CT molecular complexity index is 472. The fraction of sp³-hybridized carbons (Fsp3) is 0.533. The SMILES string of the molecule is CC1=CC(=O)CC(C)(C)[C@]1(O)C#C/C(C)=C\CO. The summed E-state index contributed by atoms with van der Waals surface area (Å²) in [4.78, 5) is 11.5. The van der Waals surface area contributed by atoms with Gasteiger partial charge in [0.15, 0.2) is 11.4 Å². The quantitative estimate of drug-likeness (QED) is 0.693. The Balaban J connectivity index is 3.21. The predicted molar refractivity (Wildman–Crippen MR) is 70.7 cm³/mol. The van der Waals surface area contributed by atoms with Gasteiger partial charge in [-0.3, -0.25) is 4.79 Å². The van der Waals surface area contributed by atoms with E-state index in [2.05, 4.69) is 11.8 Å². The molecule has 1 aliphatic carbocycles. The van der Waals surface area contributed by atoms with Gasteiger partial charge in [0, 0.05) is 11.8 Å². The first-order valence-corrected chi connectivity index (χ1v) is 5.98. The topological polar surface area (TPSA) is 57.5 Å². The molecule has 0 aromatic carbocycles. The summed E-state index contributed by atoms with van der Waals surface area (Å²) < 4.78 is 0. The van der Waals surface area contributed by atoms with E-state index in [-0.39, 0.29) is 18.8 Å². The van der Waals surface area contributed by atoms with Gasteiger partial charge >= 0.3 is 0 Å². The number of allylic oxidation sites excluding steroid dienone is 2. The lowest BCUT2D eigenvalue weighted by atomic mass is 9.65. The second-order valence-electron chi connectivity index (χ2n) is 5.38. The van der Waals surface area contributed by atoms with Gasteiger partial charge in [0.25, 0.3) is 0 Å². The van der Waals surface area contributed by atoms with Gasteiger partial charge in [-0.05, 0) is 37.1 Å². The highest BCUT2D eigenvalue weighted by molar-refractivity contribution is 5.93. The van der Waals surface area contributed by atoms with E-state index in [9.17, 15) is 9.90 Å². The molecule has 1 rings (SSSR count). The first-order valence-electron chi connectivity index (χ1n) is 5.98. The van der Waals surface area contributed by atoms with Crippen LogP contribution in [0.1, 0.15) is 34.1 Å². The van der Waals surface area contributed by atoms with Crippen LogP contribution in [-0.4, -0.2) is 28.2 Å². The lowest BCUT2D eigenvalue weighted by Gasteiger charge is -2.42. The van der Waals surface area contributed by atoms with Crippen molar-refractivity contribution in [3.63, 3.8) is 0 Å². The summed E-state index contributed by atoms with van der Waals surface area (Å²) >= 11 is 0.